The second-order valence-electron chi connectivity index (χ2n) is 18.2. The molecule has 0 amide bonds. The molecule has 3 aliphatic carbocycles. The SMILES string of the molecule is C1=CC2(N(c3ccccc3)c3cc4c5c(c3)N(c3ccccc3)c3ccccc3B5c3ccccc3N4c3ccccc3)CC(C=C1S(c1ccccc1)(c1ccccc1)c1ccccc1)C2. The molecule has 0 N–H and O–H groups in total. The van der Waals surface area contributed by atoms with Gasteiger partial charge in [0, 0.05) is 60.2 Å². The van der Waals surface area contributed by atoms with Gasteiger partial charge in [0.1, 0.15) is 0 Å². The molecule has 5 aliphatic rings. The van der Waals surface area contributed by atoms with Crippen LogP contribution in [0.2, 0.25) is 0 Å². The Hall–Kier alpha value is -7.73. The van der Waals surface area contributed by atoms with Crippen LogP contribution in [0.1, 0.15) is 12.8 Å². The predicted molar refractivity (Wildman–Crippen MR) is 283 cm³/mol. The fourth-order valence-corrected chi connectivity index (χ4v) is 15.7. The molecule has 5 heteroatoms. The lowest BCUT2D eigenvalue weighted by Crippen LogP contribution is -2.61. The molecule has 2 aliphatic heterocycles. The van der Waals surface area contributed by atoms with Crippen molar-refractivity contribution in [3.05, 3.63) is 266 Å². The summed E-state index contributed by atoms with van der Waals surface area (Å²) >= 11 is 0. The summed E-state index contributed by atoms with van der Waals surface area (Å²) in [7, 11) is -1.86. The highest BCUT2D eigenvalue weighted by atomic mass is 32.3. The highest BCUT2D eigenvalue weighted by Gasteiger charge is 2.51. The van der Waals surface area contributed by atoms with E-state index in [9.17, 15) is 0 Å². The standard InChI is InChI=1S/C62H48BN3S/c1-7-23-47(24-8-1)64-57-37-21-19-35-55(57)63-56-36-20-22-38-58(56)65(48-25-9-2-10-26-48)60-43-50(42-59(64)61(60)63)66(49-27-11-3-12-28-49)62-40-39-54(41-46(44-62)45-62)67(51-29-13-4-14-30-51,52-31-15-5-16-32-52)53-33-17-6-18-34-53/h1-43,46H,44-45H2. The molecular formula is C62H48BN3S. The van der Waals surface area contributed by atoms with E-state index in [1.165, 1.54) is 70.1 Å². The zero-order chi connectivity index (χ0) is 44.4. The quantitative estimate of drug-likeness (QED) is 0.134. The Bertz CT molecular complexity index is 3110. The van der Waals surface area contributed by atoms with Gasteiger partial charge in [-0.1, -0.05) is 164 Å². The Morgan fingerprint density at radius 2 is 0.836 bits per heavy atom. The third-order valence-electron chi connectivity index (χ3n) is 14.4. The zero-order valence-corrected chi connectivity index (χ0v) is 38.0. The van der Waals surface area contributed by atoms with Gasteiger partial charge in [0.05, 0.1) is 5.54 Å². The van der Waals surface area contributed by atoms with Crippen LogP contribution >= 0.6 is 10.0 Å². The van der Waals surface area contributed by atoms with Gasteiger partial charge < -0.3 is 14.7 Å². The molecule has 1 fully saturated rings. The maximum absolute atomic E-state index is 2.69. The van der Waals surface area contributed by atoms with Crippen molar-refractivity contribution >= 4 is 78.6 Å². The van der Waals surface area contributed by atoms with E-state index in [1.807, 2.05) is 0 Å². The number of anilines is 8. The van der Waals surface area contributed by atoms with Gasteiger partial charge in [0.25, 0.3) is 6.71 Å². The fourth-order valence-electron chi connectivity index (χ4n) is 11.7. The molecule has 2 bridgehead atoms. The molecule has 320 valence electrons. The molecule has 0 unspecified atom stereocenters. The number of fused-ring (bicyclic) bond motifs is 5. The van der Waals surface area contributed by atoms with Crippen molar-refractivity contribution in [1.29, 1.82) is 0 Å². The first-order chi connectivity index (χ1) is 33.2. The van der Waals surface area contributed by atoms with Crippen molar-refractivity contribution in [2.24, 2.45) is 5.92 Å². The second kappa shape index (κ2) is 16.0. The van der Waals surface area contributed by atoms with E-state index >= 15 is 0 Å². The van der Waals surface area contributed by atoms with E-state index in [2.05, 4.69) is 276 Å². The van der Waals surface area contributed by atoms with Crippen LogP contribution < -0.4 is 31.1 Å². The minimum absolute atomic E-state index is 0.0531. The third-order valence-corrected chi connectivity index (χ3v) is 18.4. The van der Waals surface area contributed by atoms with Gasteiger partial charge in [0.2, 0.25) is 0 Å². The minimum Gasteiger partial charge on any atom is -0.332 e. The molecule has 0 atom stereocenters. The summed E-state index contributed by atoms with van der Waals surface area (Å²) in [5, 5.41) is 0. The Labute approximate surface area is 396 Å². The lowest BCUT2D eigenvalue weighted by Gasteiger charge is -2.53. The maximum Gasteiger partial charge on any atom is 0.252 e. The first-order valence-electron chi connectivity index (χ1n) is 23.5. The van der Waals surface area contributed by atoms with Gasteiger partial charge in [-0.2, -0.15) is 0 Å². The van der Waals surface area contributed by atoms with Gasteiger partial charge in [-0.15, -0.1) is 10.0 Å². The van der Waals surface area contributed by atoms with Crippen LogP contribution in [0.25, 0.3) is 0 Å². The minimum atomic E-state index is -1.86. The predicted octanol–water partition coefficient (Wildman–Crippen LogP) is 14.5. The van der Waals surface area contributed by atoms with Gasteiger partial charge in [0.15, 0.2) is 0 Å². The van der Waals surface area contributed by atoms with E-state index in [0.29, 0.717) is 5.92 Å². The van der Waals surface area contributed by atoms with Crippen LogP contribution in [0.15, 0.2) is 280 Å². The normalized spacial score (nSPS) is 17.8. The molecule has 9 aromatic rings. The van der Waals surface area contributed by atoms with Crippen LogP contribution in [0.4, 0.5) is 45.5 Å². The van der Waals surface area contributed by atoms with Crippen molar-refractivity contribution in [2.75, 3.05) is 14.7 Å². The number of rotatable bonds is 9. The highest BCUT2D eigenvalue weighted by Crippen LogP contribution is 2.75. The molecule has 0 aromatic heterocycles. The first kappa shape index (κ1) is 39.6. The summed E-state index contributed by atoms with van der Waals surface area (Å²) in [5.41, 5.74) is 13.2. The summed E-state index contributed by atoms with van der Waals surface area (Å²) in [6.07, 6.45) is 9.77. The van der Waals surface area contributed by atoms with E-state index in [0.717, 1.165) is 24.2 Å². The highest BCUT2D eigenvalue weighted by molar-refractivity contribution is 8.37. The van der Waals surface area contributed by atoms with E-state index in [1.54, 1.807) is 0 Å². The Balaban J connectivity index is 1.06. The van der Waals surface area contributed by atoms with Gasteiger partial charge in [-0.25, -0.2) is 0 Å². The van der Waals surface area contributed by atoms with Gasteiger partial charge in [-0.3, -0.25) is 0 Å². The van der Waals surface area contributed by atoms with Gasteiger partial charge >= 0.3 is 0 Å². The molecule has 67 heavy (non-hydrogen) atoms. The summed E-state index contributed by atoms with van der Waals surface area (Å²) in [5.74, 6) is 0.389. The van der Waals surface area contributed by atoms with Crippen LogP contribution in [0.3, 0.4) is 0 Å². The van der Waals surface area contributed by atoms with Crippen molar-refractivity contribution in [3.8, 4) is 0 Å². The van der Waals surface area contributed by atoms with Crippen LogP contribution in [0.5, 0.6) is 0 Å². The maximum atomic E-state index is 2.69. The molecule has 1 saturated carbocycles. The molecule has 0 spiro atoms. The third kappa shape index (κ3) is 6.22. The van der Waals surface area contributed by atoms with Crippen LogP contribution in [-0.4, -0.2) is 12.3 Å². The van der Waals surface area contributed by atoms with Crippen molar-refractivity contribution in [2.45, 2.75) is 33.1 Å². The summed E-state index contributed by atoms with van der Waals surface area (Å²) in [6.45, 7) is 0.0531. The summed E-state index contributed by atoms with van der Waals surface area (Å²) in [6, 6.07) is 90.1. The number of benzene rings is 9. The Kier molecular flexibility index (Phi) is 9.47. The van der Waals surface area contributed by atoms with Crippen LogP contribution in [0, 0.1) is 5.92 Å². The molecule has 9 aromatic carbocycles. The van der Waals surface area contributed by atoms with E-state index in [-0.39, 0.29) is 12.3 Å². The molecule has 0 radical (unpaired) electrons. The number of hydrogen-bond donors (Lipinski definition) is 0. The number of nitrogens with zero attached hydrogens (tertiary/aromatic N) is 3. The Morgan fingerprint density at radius 3 is 1.30 bits per heavy atom. The van der Waals surface area contributed by atoms with Crippen LogP contribution in [-0.2, 0) is 0 Å². The smallest absolute Gasteiger partial charge is 0.252 e. The average molecular weight is 878 g/mol. The fraction of sp³-hybridized carbons (Fsp3) is 0.0645. The number of allylic oxidation sites excluding steroid dienone is 2. The topological polar surface area (TPSA) is 9.72 Å². The molecule has 0 saturated heterocycles. The average Bonchev–Trinajstić information content (AvgIpc) is 3.70. The van der Waals surface area contributed by atoms with Crippen molar-refractivity contribution < 1.29 is 0 Å². The number of hydrogen-bond acceptors (Lipinski definition) is 3. The molecule has 2 heterocycles. The zero-order valence-electron chi connectivity index (χ0n) is 37.1. The van der Waals surface area contributed by atoms with E-state index < -0.39 is 10.0 Å². The van der Waals surface area contributed by atoms with Gasteiger partial charge in [-0.05, 0) is 137 Å². The number of para-hydroxylation sites is 5. The molecule has 14 rings (SSSR count). The summed E-state index contributed by atoms with van der Waals surface area (Å²) in [4.78, 5) is 13.2. The van der Waals surface area contributed by atoms with Crippen molar-refractivity contribution in [1.82, 2.24) is 0 Å². The second-order valence-corrected chi connectivity index (χ2v) is 21.3. The Morgan fingerprint density at radius 1 is 0.433 bits per heavy atom. The lowest BCUT2D eigenvalue weighted by molar-refractivity contribution is 0.241. The van der Waals surface area contributed by atoms with Crippen molar-refractivity contribution in [3.63, 3.8) is 0 Å². The molecular weight excluding hydrogens is 830 g/mol. The summed E-state index contributed by atoms with van der Waals surface area (Å²) < 4.78 is 0. The van der Waals surface area contributed by atoms with E-state index in [4.69, 9.17) is 0 Å². The first-order valence-corrected chi connectivity index (χ1v) is 25.2. The molecule has 3 nitrogen and oxygen atoms in total. The lowest BCUT2D eigenvalue weighted by atomic mass is 9.33. The largest absolute Gasteiger partial charge is 0.332 e. The monoisotopic (exact) mass is 877 g/mol.